The van der Waals surface area contributed by atoms with Gasteiger partial charge in [-0.1, -0.05) is 18.2 Å². The molecule has 2 heterocycles. The summed E-state index contributed by atoms with van der Waals surface area (Å²) in [5.41, 5.74) is 10.4. The summed E-state index contributed by atoms with van der Waals surface area (Å²) < 4.78 is 5.83. The van der Waals surface area contributed by atoms with Crippen LogP contribution in [0.1, 0.15) is 20.3 Å². The second-order valence-electron chi connectivity index (χ2n) is 7.00. The van der Waals surface area contributed by atoms with Gasteiger partial charge in [0.2, 0.25) is 5.89 Å². The van der Waals surface area contributed by atoms with Gasteiger partial charge in [0, 0.05) is 40.8 Å². The van der Waals surface area contributed by atoms with Gasteiger partial charge in [-0.15, -0.1) is 10.2 Å². The molecule has 8 heteroatoms. The molecule has 2 N–H and O–H groups in total. The van der Waals surface area contributed by atoms with Crippen LogP contribution in [0.2, 0.25) is 0 Å². The average Bonchev–Trinajstić information content (AvgIpc) is 3.24. The third kappa shape index (κ3) is 3.75. The molecule has 2 aromatic carbocycles. The zero-order valence-corrected chi connectivity index (χ0v) is 16.8. The topological polar surface area (TPSA) is 111 Å². The van der Waals surface area contributed by atoms with Gasteiger partial charge in [-0.05, 0) is 37.3 Å². The highest BCUT2D eigenvalue weighted by Crippen LogP contribution is 2.27. The van der Waals surface area contributed by atoms with E-state index in [1.165, 1.54) is 4.90 Å². The van der Waals surface area contributed by atoms with Crippen molar-refractivity contribution in [1.82, 2.24) is 25.1 Å². The number of anilines is 1. The van der Waals surface area contributed by atoms with E-state index in [-0.39, 0.29) is 16.1 Å². The van der Waals surface area contributed by atoms with E-state index < -0.39 is 0 Å². The van der Waals surface area contributed by atoms with Crippen molar-refractivity contribution in [2.24, 2.45) is 0 Å². The van der Waals surface area contributed by atoms with Crippen molar-refractivity contribution in [3.05, 3.63) is 66.0 Å². The Morgan fingerprint density at radius 2 is 1.77 bits per heavy atom. The molecular formula is C22H26N6O2. The number of carbonyl (C=O) groups is 1. The van der Waals surface area contributed by atoms with Crippen LogP contribution < -0.4 is 5.73 Å². The van der Waals surface area contributed by atoms with Gasteiger partial charge in [-0.25, -0.2) is 4.98 Å². The molecule has 4 aromatic rings. The van der Waals surface area contributed by atoms with Gasteiger partial charge in [0.15, 0.2) is 0 Å². The van der Waals surface area contributed by atoms with Gasteiger partial charge in [-0.3, -0.25) is 9.78 Å². The lowest BCUT2D eigenvalue weighted by atomic mass is 10.1. The number of nitrogens with two attached hydrogens (primary N) is 1. The van der Waals surface area contributed by atoms with Gasteiger partial charge in [0.05, 0.1) is 17.6 Å². The summed E-state index contributed by atoms with van der Waals surface area (Å²) in [6.45, 7) is 1.83. The molecule has 0 saturated carbocycles. The molecule has 30 heavy (non-hydrogen) atoms. The van der Waals surface area contributed by atoms with E-state index in [2.05, 4.69) is 20.2 Å². The number of hydrogen-bond donors (Lipinski definition) is 1. The van der Waals surface area contributed by atoms with Crippen LogP contribution in [0.4, 0.5) is 5.69 Å². The summed E-state index contributed by atoms with van der Waals surface area (Å²) in [4.78, 5) is 22.7. The molecule has 0 unspecified atom stereocenters. The van der Waals surface area contributed by atoms with Crippen molar-refractivity contribution < 1.29 is 13.5 Å². The minimum Gasteiger partial charge on any atom is -0.415 e. The fourth-order valence-corrected chi connectivity index (χ4v) is 2.94. The van der Waals surface area contributed by atoms with Crippen LogP contribution >= 0.6 is 0 Å². The van der Waals surface area contributed by atoms with Crippen molar-refractivity contribution in [2.45, 2.75) is 6.92 Å². The molecule has 4 rings (SSSR count). The molecule has 0 aliphatic carbocycles. The Morgan fingerprint density at radius 3 is 2.47 bits per heavy atom. The number of carbonyl (C=O) groups excluding carboxylic acids is 1. The van der Waals surface area contributed by atoms with Crippen molar-refractivity contribution in [3.8, 4) is 34.3 Å². The van der Waals surface area contributed by atoms with Crippen molar-refractivity contribution in [3.63, 3.8) is 0 Å². The minimum atomic E-state index is -0.0582. The fraction of sp³-hybridized carbons (Fsp3) is 0.136. The first-order chi connectivity index (χ1) is 14.4. The largest absolute Gasteiger partial charge is 0.415 e. The lowest BCUT2D eigenvalue weighted by Crippen LogP contribution is -2.21. The lowest BCUT2D eigenvalue weighted by molar-refractivity contribution is 0.0827. The number of hydrogen-bond acceptors (Lipinski definition) is 7. The van der Waals surface area contributed by atoms with E-state index in [0.717, 1.165) is 11.1 Å². The molecule has 0 bridgehead atoms. The molecule has 0 fully saturated rings. The molecule has 8 nitrogen and oxygen atoms in total. The van der Waals surface area contributed by atoms with Crippen molar-refractivity contribution in [2.75, 3.05) is 19.8 Å². The van der Waals surface area contributed by atoms with Gasteiger partial charge in [0.1, 0.15) is 5.69 Å². The molecule has 2 aromatic heterocycles. The van der Waals surface area contributed by atoms with E-state index in [1.54, 1.807) is 44.6 Å². The fourth-order valence-electron chi connectivity index (χ4n) is 2.94. The number of aryl methyl sites for hydroxylation is 1. The second kappa shape index (κ2) is 7.75. The SMILES string of the molecule is Cc1ncc(-c2ccc(C(=O)N(C)C)cc2)nc1-c1nnc(-c2cccc(N)c2)o1.[HH].[HH].[HH]. The standard InChI is InChI=1S/C22H20N6O2.3H2/c1-13-19(21-27-26-20(30-21)16-5-4-6-17(23)11-16)25-18(12-24-13)14-7-9-15(10-8-14)22(29)28(2)3;;;/h4-12H,23H2,1-3H3;3*1H. The zero-order valence-electron chi connectivity index (χ0n) is 16.8. The van der Waals surface area contributed by atoms with E-state index in [0.29, 0.717) is 34.2 Å². The molecule has 0 spiro atoms. The molecule has 0 radical (unpaired) electrons. The van der Waals surface area contributed by atoms with Crippen LogP contribution in [0, 0.1) is 6.92 Å². The Morgan fingerprint density at radius 1 is 1.03 bits per heavy atom. The molecule has 0 atom stereocenters. The monoisotopic (exact) mass is 406 g/mol. The molecule has 1 amide bonds. The zero-order chi connectivity index (χ0) is 21.3. The highest BCUT2D eigenvalue weighted by molar-refractivity contribution is 5.94. The number of amides is 1. The molecule has 0 aliphatic rings. The maximum absolute atomic E-state index is 12.1. The van der Waals surface area contributed by atoms with E-state index in [9.17, 15) is 4.79 Å². The number of nitrogens with zero attached hydrogens (tertiary/aromatic N) is 5. The normalized spacial score (nSPS) is 10.8. The molecule has 0 saturated heterocycles. The smallest absolute Gasteiger partial charge is 0.268 e. The Bertz CT molecular complexity index is 1230. The summed E-state index contributed by atoms with van der Waals surface area (Å²) in [5, 5.41) is 8.25. The van der Waals surface area contributed by atoms with Gasteiger partial charge < -0.3 is 15.1 Å². The Balaban J connectivity index is 0.00000181. The second-order valence-corrected chi connectivity index (χ2v) is 7.00. The van der Waals surface area contributed by atoms with Crippen molar-refractivity contribution >= 4 is 11.6 Å². The average molecular weight is 406 g/mol. The summed E-state index contributed by atoms with van der Waals surface area (Å²) in [6, 6.07) is 14.4. The van der Waals surface area contributed by atoms with Crippen LogP contribution in [-0.2, 0) is 0 Å². The highest BCUT2D eigenvalue weighted by Gasteiger charge is 2.16. The maximum atomic E-state index is 12.1. The van der Waals surface area contributed by atoms with E-state index in [1.807, 2.05) is 31.2 Å². The number of benzene rings is 2. The third-order valence-electron chi connectivity index (χ3n) is 4.55. The number of rotatable bonds is 4. The first kappa shape index (κ1) is 19.3. The summed E-state index contributed by atoms with van der Waals surface area (Å²) in [7, 11) is 3.44. The summed E-state index contributed by atoms with van der Waals surface area (Å²) in [6.07, 6.45) is 1.68. The summed E-state index contributed by atoms with van der Waals surface area (Å²) >= 11 is 0. The van der Waals surface area contributed by atoms with Gasteiger partial charge >= 0.3 is 0 Å². The van der Waals surface area contributed by atoms with Crippen LogP contribution in [0.15, 0.2) is 59.1 Å². The van der Waals surface area contributed by atoms with E-state index in [4.69, 9.17) is 10.2 Å². The number of aromatic nitrogens is 4. The Hall–Kier alpha value is -4.07. The Labute approximate surface area is 177 Å². The first-order valence-electron chi connectivity index (χ1n) is 9.28. The highest BCUT2D eigenvalue weighted by atomic mass is 16.4. The third-order valence-corrected chi connectivity index (χ3v) is 4.55. The van der Waals surface area contributed by atoms with Crippen LogP contribution in [0.25, 0.3) is 34.3 Å². The molecule has 156 valence electrons. The first-order valence-corrected chi connectivity index (χ1v) is 9.28. The van der Waals surface area contributed by atoms with E-state index >= 15 is 0 Å². The quantitative estimate of drug-likeness (QED) is 0.506. The van der Waals surface area contributed by atoms with Gasteiger partial charge in [0.25, 0.3) is 11.8 Å². The predicted octanol–water partition coefficient (Wildman–Crippen LogP) is 4.19. The van der Waals surface area contributed by atoms with Crippen molar-refractivity contribution in [1.29, 1.82) is 0 Å². The minimum absolute atomic E-state index is 0. The van der Waals surface area contributed by atoms with Crippen LogP contribution in [0.3, 0.4) is 0 Å². The Kier molecular flexibility index (Phi) is 4.97. The number of nitrogen functional groups attached to an aromatic ring is 1. The maximum Gasteiger partial charge on any atom is 0.268 e. The molecular weight excluding hydrogens is 380 g/mol. The van der Waals surface area contributed by atoms with Crippen LogP contribution in [0.5, 0.6) is 0 Å². The summed E-state index contributed by atoms with van der Waals surface area (Å²) in [5.74, 6) is 0.575. The predicted molar refractivity (Wildman–Crippen MR) is 120 cm³/mol. The lowest BCUT2D eigenvalue weighted by Gasteiger charge is -2.10. The van der Waals surface area contributed by atoms with Gasteiger partial charge in [-0.2, -0.15) is 0 Å². The molecule has 0 aliphatic heterocycles. The van der Waals surface area contributed by atoms with Crippen LogP contribution in [-0.4, -0.2) is 45.1 Å².